The van der Waals surface area contributed by atoms with Crippen LogP contribution in [0.3, 0.4) is 0 Å². The summed E-state index contributed by atoms with van der Waals surface area (Å²) in [6, 6.07) is 8.72. The Bertz CT molecular complexity index is 607. The van der Waals surface area contributed by atoms with Crippen molar-refractivity contribution in [3.63, 3.8) is 0 Å². The fourth-order valence-corrected chi connectivity index (χ4v) is 2.89. The SMILES string of the molecule is Cc1cc(CNc2ccccc2OCC(F)(F)F)c(C)s1. The van der Waals surface area contributed by atoms with Gasteiger partial charge in [-0.05, 0) is 37.6 Å². The van der Waals surface area contributed by atoms with Crippen molar-refractivity contribution in [2.24, 2.45) is 0 Å². The third kappa shape index (κ3) is 4.67. The van der Waals surface area contributed by atoms with Crippen LogP contribution in [0.15, 0.2) is 30.3 Å². The number of para-hydroxylation sites is 2. The highest BCUT2D eigenvalue weighted by atomic mass is 32.1. The molecule has 1 aromatic carbocycles. The van der Waals surface area contributed by atoms with Gasteiger partial charge in [0.2, 0.25) is 0 Å². The van der Waals surface area contributed by atoms with E-state index in [0.717, 1.165) is 5.56 Å². The van der Waals surface area contributed by atoms with Gasteiger partial charge in [-0.25, -0.2) is 0 Å². The van der Waals surface area contributed by atoms with Crippen molar-refractivity contribution >= 4 is 17.0 Å². The number of alkyl halides is 3. The first-order valence-corrected chi connectivity index (χ1v) is 7.25. The summed E-state index contributed by atoms with van der Waals surface area (Å²) in [6.07, 6.45) is -4.34. The van der Waals surface area contributed by atoms with Gasteiger partial charge in [-0.1, -0.05) is 12.1 Å². The van der Waals surface area contributed by atoms with E-state index in [1.807, 2.05) is 13.8 Å². The van der Waals surface area contributed by atoms with Crippen LogP contribution in [-0.2, 0) is 6.54 Å². The number of anilines is 1. The standard InChI is InChI=1S/C15H16F3NOS/c1-10-7-12(11(2)21-10)8-19-13-5-3-4-6-14(13)20-9-15(16,17)18/h3-7,19H,8-9H2,1-2H3. The Kier molecular flexibility index (Phi) is 4.77. The van der Waals surface area contributed by atoms with Gasteiger partial charge in [0.15, 0.2) is 6.61 Å². The molecular formula is C15H16F3NOS. The molecule has 0 unspecified atom stereocenters. The lowest BCUT2D eigenvalue weighted by atomic mass is 10.2. The predicted octanol–water partition coefficient (Wildman–Crippen LogP) is 4.92. The summed E-state index contributed by atoms with van der Waals surface area (Å²) in [5, 5.41) is 3.13. The van der Waals surface area contributed by atoms with Crippen LogP contribution in [0, 0.1) is 13.8 Å². The Hall–Kier alpha value is -1.69. The molecule has 0 bridgehead atoms. The Labute approximate surface area is 125 Å². The number of aryl methyl sites for hydroxylation is 2. The van der Waals surface area contributed by atoms with Gasteiger partial charge < -0.3 is 10.1 Å². The maximum absolute atomic E-state index is 12.2. The molecule has 0 saturated carbocycles. The van der Waals surface area contributed by atoms with Gasteiger partial charge in [-0.2, -0.15) is 13.2 Å². The Morgan fingerprint density at radius 3 is 2.52 bits per heavy atom. The molecule has 1 N–H and O–H groups in total. The van der Waals surface area contributed by atoms with Gasteiger partial charge in [-0.15, -0.1) is 11.3 Å². The molecule has 0 aliphatic rings. The second kappa shape index (κ2) is 6.39. The van der Waals surface area contributed by atoms with Crippen molar-refractivity contribution < 1.29 is 17.9 Å². The van der Waals surface area contributed by atoms with E-state index >= 15 is 0 Å². The molecule has 1 aromatic heterocycles. The minimum Gasteiger partial charge on any atom is -0.482 e. The van der Waals surface area contributed by atoms with E-state index in [9.17, 15) is 13.2 Å². The Morgan fingerprint density at radius 2 is 1.90 bits per heavy atom. The predicted molar refractivity (Wildman–Crippen MR) is 79.1 cm³/mol. The fourth-order valence-electron chi connectivity index (χ4n) is 1.95. The second-order valence-electron chi connectivity index (χ2n) is 4.69. The fraction of sp³-hybridized carbons (Fsp3) is 0.333. The highest BCUT2D eigenvalue weighted by Crippen LogP contribution is 2.28. The topological polar surface area (TPSA) is 21.3 Å². The summed E-state index contributed by atoms with van der Waals surface area (Å²) < 4.78 is 41.5. The van der Waals surface area contributed by atoms with Crippen LogP contribution in [0.2, 0.25) is 0 Å². The van der Waals surface area contributed by atoms with E-state index in [2.05, 4.69) is 11.4 Å². The van der Waals surface area contributed by atoms with Crippen molar-refractivity contribution in [3.8, 4) is 5.75 Å². The highest BCUT2D eigenvalue weighted by Gasteiger charge is 2.28. The van der Waals surface area contributed by atoms with Crippen LogP contribution in [-0.4, -0.2) is 12.8 Å². The highest BCUT2D eigenvalue weighted by molar-refractivity contribution is 7.12. The number of halogens is 3. The average Bonchev–Trinajstić information content (AvgIpc) is 2.72. The zero-order valence-corrected chi connectivity index (χ0v) is 12.6. The van der Waals surface area contributed by atoms with E-state index in [1.165, 1.54) is 15.8 Å². The molecule has 21 heavy (non-hydrogen) atoms. The third-order valence-corrected chi connectivity index (χ3v) is 3.90. The first-order valence-electron chi connectivity index (χ1n) is 6.43. The van der Waals surface area contributed by atoms with Gasteiger partial charge in [0.05, 0.1) is 5.69 Å². The Balaban J connectivity index is 2.04. The van der Waals surface area contributed by atoms with E-state index in [-0.39, 0.29) is 5.75 Å². The maximum atomic E-state index is 12.2. The lowest BCUT2D eigenvalue weighted by Gasteiger charge is -2.14. The van der Waals surface area contributed by atoms with Crippen molar-refractivity contribution in [2.75, 3.05) is 11.9 Å². The average molecular weight is 315 g/mol. The van der Waals surface area contributed by atoms with Gasteiger partial charge in [-0.3, -0.25) is 0 Å². The van der Waals surface area contributed by atoms with Crippen LogP contribution in [0.5, 0.6) is 5.75 Å². The number of ether oxygens (including phenoxy) is 1. The molecule has 0 atom stereocenters. The lowest BCUT2D eigenvalue weighted by Crippen LogP contribution is -2.19. The van der Waals surface area contributed by atoms with Gasteiger partial charge >= 0.3 is 6.18 Å². The molecule has 0 fully saturated rings. The van der Waals surface area contributed by atoms with Crippen LogP contribution in [0.4, 0.5) is 18.9 Å². The Morgan fingerprint density at radius 1 is 1.19 bits per heavy atom. The summed E-state index contributed by atoms with van der Waals surface area (Å²) in [7, 11) is 0. The third-order valence-electron chi connectivity index (χ3n) is 2.89. The van der Waals surface area contributed by atoms with E-state index < -0.39 is 12.8 Å². The molecule has 6 heteroatoms. The van der Waals surface area contributed by atoms with E-state index in [1.54, 1.807) is 29.5 Å². The van der Waals surface area contributed by atoms with Crippen molar-refractivity contribution in [1.29, 1.82) is 0 Å². The number of thiophene rings is 1. The summed E-state index contributed by atoms with van der Waals surface area (Å²) in [5.41, 5.74) is 1.70. The van der Waals surface area contributed by atoms with Gasteiger partial charge in [0.1, 0.15) is 5.75 Å². The molecule has 1 heterocycles. The van der Waals surface area contributed by atoms with Crippen LogP contribution < -0.4 is 10.1 Å². The van der Waals surface area contributed by atoms with Crippen LogP contribution >= 0.6 is 11.3 Å². The van der Waals surface area contributed by atoms with Crippen molar-refractivity contribution in [1.82, 2.24) is 0 Å². The monoisotopic (exact) mass is 315 g/mol. The molecule has 0 aliphatic carbocycles. The molecule has 0 saturated heterocycles. The first kappa shape index (κ1) is 15.7. The van der Waals surface area contributed by atoms with E-state index in [4.69, 9.17) is 4.74 Å². The van der Waals surface area contributed by atoms with Gasteiger partial charge in [0.25, 0.3) is 0 Å². The van der Waals surface area contributed by atoms with Crippen molar-refractivity contribution in [2.45, 2.75) is 26.6 Å². The molecule has 2 aromatic rings. The zero-order chi connectivity index (χ0) is 15.5. The van der Waals surface area contributed by atoms with Crippen LogP contribution in [0.25, 0.3) is 0 Å². The summed E-state index contributed by atoms with van der Waals surface area (Å²) in [4.78, 5) is 2.42. The number of rotatable bonds is 5. The smallest absolute Gasteiger partial charge is 0.422 e. The molecule has 2 rings (SSSR count). The number of nitrogens with one attached hydrogen (secondary N) is 1. The molecular weight excluding hydrogens is 299 g/mol. The summed E-state index contributed by atoms with van der Waals surface area (Å²) >= 11 is 1.70. The van der Waals surface area contributed by atoms with Crippen LogP contribution in [0.1, 0.15) is 15.3 Å². The molecule has 0 aliphatic heterocycles. The quantitative estimate of drug-likeness (QED) is 0.846. The molecule has 0 radical (unpaired) electrons. The van der Waals surface area contributed by atoms with Gasteiger partial charge in [0, 0.05) is 16.3 Å². The maximum Gasteiger partial charge on any atom is 0.422 e. The summed E-state index contributed by atoms with van der Waals surface area (Å²) in [6.45, 7) is 3.33. The second-order valence-corrected chi connectivity index (χ2v) is 6.15. The van der Waals surface area contributed by atoms with E-state index in [0.29, 0.717) is 12.2 Å². The lowest BCUT2D eigenvalue weighted by molar-refractivity contribution is -0.153. The largest absolute Gasteiger partial charge is 0.482 e. The molecule has 114 valence electrons. The molecule has 0 spiro atoms. The van der Waals surface area contributed by atoms with Crippen molar-refractivity contribution in [3.05, 3.63) is 45.6 Å². The zero-order valence-electron chi connectivity index (χ0n) is 11.8. The molecule has 2 nitrogen and oxygen atoms in total. The summed E-state index contributed by atoms with van der Waals surface area (Å²) in [5.74, 6) is 0.208. The number of benzene rings is 1. The number of hydrogen-bond acceptors (Lipinski definition) is 3. The normalized spacial score (nSPS) is 11.5. The first-order chi connectivity index (χ1) is 9.85. The number of hydrogen-bond donors (Lipinski definition) is 1. The minimum absolute atomic E-state index is 0.208. The molecule has 0 amide bonds. The minimum atomic E-state index is -4.34.